The van der Waals surface area contributed by atoms with Gasteiger partial charge in [-0.25, -0.2) is 0 Å². The Hall–Kier alpha value is -1.43. The van der Waals surface area contributed by atoms with Gasteiger partial charge in [-0.05, 0) is 19.8 Å². The fraction of sp³-hybridized carbons (Fsp3) is 0.769. The molecule has 0 aliphatic heterocycles. The molecule has 1 aromatic heterocycles. The largest absolute Gasteiger partial charge is 0.393 e. The van der Waals surface area contributed by atoms with Crippen molar-refractivity contribution >= 4 is 5.91 Å². The normalized spacial score (nSPS) is 12.4. The minimum atomic E-state index is -0.386. The molecule has 1 aromatic rings. The maximum absolute atomic E-state index is 11.8. The molecule has 0 saturated carbocycles. The average molecular weight is 269 g/mol. The van der Waals surface area contributed by atoms with Gasteiger partial charge < -0.3 is 14.5 Å². The number of aryl methyl sites for hydroxylation is 2. The van der Waals surface area contributed by atoms with Gasteiger partial charge in [0.2, 0.25) is 11.8 Å². The predicted octanol–water partition coefficient (Wildman–Crippen LogP) is 1.18. The van der Waals surface area contributed by atoms with Crippen molar-refractivity contribution in [3.63, 3.8) is 0 Å². The third kappa shape index (κ3) is 5.83. The van der Waals surface area contributed by atoms with E-state index in [4.69, 9.17) is 4.52 Å². The van der Waals surface area contributed by atoms with E-state index < -0.39 is 0 Å². The summed E-state index contributed by atoms with van der Waals surface area (Å²) in [5, 5.41) is 13.0. The molecule has 1 atom stereocenters. The lowest BCUT2D eigenvalue weighted by Gasteiger charge is -2.17. The van der Waals surface area contributed by atoms with E-state index in [0.717, 1.165) is 12.8 Å². The van der Waals surface area contributed by atoms with Gasteiger partial charge >= 0.3 is 0 Å². The van der Waals surface area contributed by atoms with Gasteiger partial charge in [0.25, 0.3) is 0 Å². The van der Waals surface area contributed by atoms with E-state index in [1.165, 1.54) is 0 Å². The van der Waals surface area contributed by atoms with Gasteiger partial charge in [0.15, 0.2) is 5.82 Å². The predicted molar refractivity (Wildman–Crippen MR) is 70.5 cm³/mol. The lowest BCUT2D eigenvalue weighted by molar-refractivity contribution is -0.130. The van der Waals surface area contributed by atoms with Crippen LogP contribution in [0, 0.1) is 0 Å². The van der Waals surface area contributed by atoms with Crippen LogP contribution in [-0.2, 0) is 17.6 Å². The van der Waals surface area contributed by atoms with Crippen LogP contribution >= 0.6 is 0 Å². The van der Waals surface area contributed by atoms with Crippen molar-refractivity contribution in [3.8, 4) is 0 Å². The minimum Gasteiger partial charge on any atom is -0.393 e. The van der Waals surface area contributed by atoms with Crippen molar-refractivity contribution < 1.29 is 14.4 Å². The standard InChI is InChI=1S/C13H23N3O3/c1-4-5-11-14-12(19-15-11)6-7-13(18)16(3)9-8-10(2)17/h10,17H,4-9H2,1-3H3. The maximum Gasteiger partial charge on any atom is 0.227 e. The Morgan fingerprint density at radius 3 is 2.84 bits per heavy atom. The number of aliphatic hydroxyl groups is 1. The van der Waals surface area contributed by atoms with E-state index in [1.54, 1.807) is 18.9 Å². The van der Waals surface area contributed by atoms with E-state index in [2.05, 4.69) is 17.1 Å². The molecule has 0 saturated heterocycles. The molecule has 1 heterocycles. The summed E-state index contributed by atoms with van der Waals surface area (Å²) < 4.78 is 5.07. The number of rotatable bonds is 8. The highest BCUT2D eigenvalue weighted by molar-refractivity contribution is 5.75. The number of aromatic nitrogens is 2. The Morgan fingerprint density at radius 2 is 2.21 bits per heavy atom. The quantitative estimate of drug-likeness (QED) is 0.766. The molecular weight excluding hydrogens is 246 g/mol. The van der Waals surface area contributed by atoms with Crippen LogP contribution in [0.25, 0.3) is 0 Å². The first kappa shape index (κ1) is 15.6. The van der Waals surface area contributed by atoms with Crippen LogP contribution in [0.15, 0.2) is 4.52 Å². The van der Waals surface area contributed by atoms with E-state index in [0.29, 0.717) is 37.5 Å². The van der Waals surface area contributed by atoms with Gasteiger partial charge in [0, 0.05) is 32.9 Å². The summed E-state index contributed by atoms with van der Waals surface area (Å²) in [4.78, 5) is 17.7. The third-order valence-electron chi connectivity index (χ3n) is 2.84. The molecule has 1 rings (SSSR count). The summed E-state index contributed by atoms with van der Waals surface area (Å²) in [5.74, 6) is 1.24. The van der Waals surface area contributed by atoms with Crippen molar-refractivity contribution in [3.05, 3.63) is 11.7 Å². The van der Waals surface area contributed by atoms with Gasteiger partial charge in [0.05, 0.1) is 6.10 Å². The second-order valence-corrected chi connectivity index (χ2v) is 4.81. The zero-order valence-electron chi connectivity index (χ0n) is 11.9. The van der Waals surface area contributed by atoms with Crippen molar-refractivity contribution in [1.82, 2.24) is 15.0 Å². The Morgan fingerprint density at radius 1 is 1.47 bits per heavy atom. The minimum absolute atomic E-state index is 0.0240. The van der Waals surface area contributed by atoms with E-state index in [9.17, 15) is 9.90 Å². The molecule has 19 heavy (non-hydrogen) atoms. The van der Waals surface area contributed by atoms with Crippen molar-refractivity contribution in [2.45, 2.75) is 52.1 Å². The number of aliphatic hydroxyl groups excluding tert-OH is 1. The third-order valence-corrected chi connectivity index (χ3v) is 2.84. The molecule has 0 spiro atoms. The highest BCUT2D eigenvalue weighted by atomic mass is 16.5. The summed E-state index contributed by atoms with van der Waals surface area (Å²) in [6, 6.07) is 0. The number of carbonyl (C=O) groups excluding carboxylic acids is 1. The van der Waals surface area contributed by atoms with Crippen molar-refractivity contribution in [2.24, 2.45) is 0 Å². The zero-order chi connectivity index (χ0) is 14.3. The number of amides is 1. The lowest BCUT2D eigenvalue weighted by atomic mass is 10.2. The summed E-state index contributed by atoms with van der Waals surface area (Å²) in [7, 11) is 1.74. The summed E-state index contributed by atoms with van der Waals surface area (Å²) >= 11 is 0. The van der Waals surface area contributed by atoms with Crippen LogP contribution in [0.2, 0.25) is 0 Å². The highest BCUT2D eigenvalue weighted by Gasteiger charge is 2.12. The van der Waals surface area contributed by atoms with Crippen LogP contribution < -0.4 is 0 Å². The van der Waals surface area contributed by atoms with E-state index in [1.807, 2.05) is 0 Å². The van der Waals surface area contributed by atoms with Gasteiger partial charge in [-0.3, -0.25) is 4.79 Å². The van der Waals surface area contributed by atoms with Gasteiger partial charge in [-0.15, -0.1) is 0 Å². The lowest BCUT2D eigenvalue weighted by Crippen LogP contribution is -2.29. The molecule has 108 valence electrons. The summed E-state index contributed by atoms with van der Waals surface area (Å²) in [5.41, 5.74) is 0. The Labute approximate surface area is 113 Å². The molecule has 6 nitrogen and oxygen atoms in total. The van der Waals surface area contributed by atoms with Crippen molar-refractivity contribution in [2.75, 3.05) is 13.6 Å². The van der Waals surface area contributed by atoms with E-state index >= 15 is 0 Å². The Kier molecular flexibility index (Phi) is 6.49. The second kappa shape index (κ2) is 7.89. The topological polar surface area (TPSA) is 79.5 Å². The summed E-state index contributed by atoms with van der Waals surface area (Å²) in [6.07, 6.45) is 2.79. The molecule has 0 bridgehead atoms. The number of carbonyl (C=O) groups is 1. The molecule has 1 N–H and O–H groups in total. The zero-order valence-corrected chi connectivity index (χ0v) is 11.9. The van der Waals surface area contributed by atoms with E-state index in [-0.39, 0.29) is 12.0 Å². The molecule has 1 amide bonds. The van der Waals surface area contributed by atoms with Crippen LogP contribution in [0.3, 0.4) is 0 Å². The smallest absolute Gasteiger partial charge is 0.227 e. The highest BCUT2D eigenvalue weighted by Crippen LogP contribution is 2.05. The maximum atomic E-state index is 11.8. The fourth-order valence-electron chi connectivity index (χ4n) is 1.63. The molecule has 0 fully saturated rings. The Balaban J connectivity index is 2.32. The molecule has 0 radical (unpaired) electrons. The van der Waals surface area contributed by atoms with Crippen molar-refractivity contribution in [1.29, 1.82) is 0 Å². The second-order valence-electron chi connectivity index (χ2n) is 4.81. The number of hydrogen-bond donors (Lipinski definition) is 1. The molecule has 0 aromatic carbocycles. The monoisotopic (exact) mass is 269 g/mol. The van der Waals surface area contributed by atoms with Gasteiger partial charge in [-0.2, -0.15) is 4.98 Å². The Bertz CT molecular complexity index is 390. The SMILES string of the molecule is CCCc1noc(CCC(=O)N(C)CCC(C)O)n1. The first-order valence-corrected chi connectivity index (χ1v) is 6.76. The average Bonchev–Trinajstić information content (AvgIpc) is 2.81. The van der Waals surface area contributed by atoms with Crippen LogP contribution in [0.5, 0.6) is 0 Å². The first-order valence-electron chi connectivity index (χ1n) is 6.76. The molecule has 0 aliphatic carbocycles. The molecule has 0 aliphatic rings. The van der Waals surface area contributed by atoms with Crippen LogP contribution in [0.1, 0.15) is 44.8 Å². The number of nitrogens with zero attached hydrogens (tertiary/aromatic N) is 3. The number of hydrogen-bond acceptors (Lipinski definition) is 5. The van der Waals surface area contributed by atoms with Gasteiger partial charge in [-0.1, -0.05) is 12.1 Å². The van der Waals surface area contributed by atoms with Crippen LogP contribution in [0.4, 0.5) is 0 Å². The van der Waals surface area contributed by atoms with Gasteiger partial charge in [0.1, 0.15) is 0 Å². The fourth-order valence-corrected chi connectivity index (χ4v) is 1.63. The first-order chi connectivity index (χ1) is 9.02. The molecule has 1 unspecified atom stereocenters. The van der Waals surface area contributed by atoms with Crippen LogP contribution in [-0.4, -0.2) is 45.8 Å². The molecule has 6 heteroatoms. The summed E-state index contributed by atoms with van der Waals surface area (Å²) in [6.45, 7) is 4.32. The molecular formula is C13H23N3O3.